The van der Waals surface area contributed by atoms with E-state index in [4.69, 9.17) is 0 Å². The van der Waals surface area contributed by atoms with Crippen molar-refractivity contribution in [2.45, 2.75) is 39.3 Å². The molecule has 82 valence electrons. The second-order valence-electron chi connectivity index (χ2n) is 4.81. The molecule has 0 aromatic heterocycles. The summed E-state index contributed by atoms with van der Waals surface area (Å²) in [4.78, 5) is 4.60. The molecule has 2 heterocycles. The topological polar surface area (TPSA) is 28.0 Å². The Kier molecular flexibility index (Phi) is 2.41. The van der Waals surface area contributed by atoms with Gasteiger partial charge in [0.1, 0.15) is 0 Å². The van der Waals surface area contributed by atoms with Crippen molar-refractivity contribution in [3.63, 3.8) is 0 Å². The molecular formula is C12H19N3. The van der Waals surface area contributed by atoms with Crippen molar-refractivity contribution in [2.75, 3.05) is 6.54 Å². The lowest BCUT2D eigenvalue weighted by Crippen LogP contribution is -2.31. The standard InChI is InChI=1S/C12H19N3/c1-5-15-9(2)10-8-13-12(3,4)7-6-11(10)14-15/h6-10H,5H2,1-4H3. The molecule has 3 heteroatoms. The van der Waals surface area contributed by atoms with Gasteiger partial charge in [0.2, 0.25) is 0 Å². The summed E-state index contributed by atoms with van der Waals surface area (Å²) in [6, 6.07) is 0.437. The average Bonchev–Trinajstić information content (AvgIpc) is 2.40. The van der Waals surface area contributed by atoms with E-state index < -0.39 is 0 Å². The first-order chi connectivity index (χ1) is 7.03. The minimum atomic E-state index is -0.0797. The number of hydrogen-bond donors (Lipinski definition) is 0. The number of aliphatic imine (C=N–C) groups is 1. The minimum Gasteiger partial charge on any atom is -0.293 e. The first-order valence-electron chi connectivity index (χ1n) is 5.63. The van der Waals surface area contributed by atoms with Gasteiger partial charge >= 0.3 is 0 Å². The third kappa shape index (κ3) is 1.83. The average molecular weight is 205 g/mol. The maximum absolute atomic E-state index is 4.61. The van der Waals surface area contributed by atoms with Crippen LogP contribution in [0.2, 0.25) is 0 Å². The fourth-order valence-corrected chi connectivity index (χ4v) is 2.05. The molecule has 3 nitrogen and oxygen atoms in total. The molecule has 2 aliphatic rings. The summed E-state index contributed by atoms with van der Waals surface area (Å²) in [5, 5.41) is 6.74. The number of hydrogen-bond acceptors (Lipinski definition) is 3. The SMILES string of the molecule is CCN1N=C2C=CC(C)(C)N=CC2C1C. The third-order valence-corrected chi connectivity index (χ3v) is 3.13. The predicted molar refractivity (Wildman–Crippen MR) is 64.5 cm³/mol. The Morgan fingerprint density at radius 3 is 2.87 bits per heavy atom. The van der Waals surface area contributed by atoms with Crippen LogP contribution in [-0.2, 0) is 0 Å². The molecule has 0 aromatic rings. The molecule has 0 fully saturated rings. The molecule has 2 aliphatic heterocycles. The molecule has 0 radical (unpaired) electrons. The zero-order valence-corrected chi connectivity index (χ0v) is 9.94. The molecule has 0 aliphatic carbocycles. The van der Waals surface area contributed by atoms with Crippen molar-refractivity contribution < 1.29 is 0 Å². The van der Waals surface area contributed by atoms with Gasteiger partial charge < -0.3 is 0 Å². The Hall–Kier alpha value is -1.12. The van der Waals surface area contributed by atoms with Gasteiger partial charge in [-0.15, -0.1) is 0 Å². The Bertz CT molecular complexity index is 339. The van der Waals surface area contributed by atoms with Gasteiger partial charge in [0.25, 0.3) is 0 Å². The zero-order chi connectivity index (χ0) is 11.1. The van der Waals surface area contributed by atoms with Crippen LogP contribution in [0.1, 0.15) is 27.7 Å². The molecule has 0 spiro atoms. The summed E-state index contributed by atoms with van der Waals surface area (Å²) in [6.07, 6.45) is 6.33. The van der Waals surface area contributed by atoms with E-state index >= 15 is 0 Å². The van der Waals surface area contributed by atoms with Crippen molar-refractivity contribution in [3.05, 3.63) is 12.2 Å². The highest BCUT2D eigenvalue weighted by Gasteiger charge is 2.32. The molecule has 0 aromatic carbocycles. The van der Waals surface area contributed by atoms with Gasteiger partial charge in [-0.1, -0.05) is 6.08 Å². The van der Waals surface area contributed by atoms with Crippen LogP contribution in [0.3, 0.4) is 0 Å². The lowest BCUT2D eigenvalue weighted by atomic mass is 9.98. The van der Waals surface area contributed by atoms with Crippen LogP contribution >= 0.6 is 0 Å². The van der Waals surface area contributed by atoms with E-state index in [1.807, 2.05) is 0 Å². The monoisotopic (exact) mass is 205 g/mol. The lowest BCUT2D eigenvalue weighted by molar-refractivity contribution is 0.246. The van der Waals surface area contributed by atoms with E-state index in [0.29, 0.717) is 12.0 Å². The fraction of sp³-hybridized carbons (Fsp3) is 0.667. The molecule has 2 rings (SSSR count). The number of nitrogens with zero attached hydrogens (tertiary/aromatic N) is 3. The number of allylic oxidation sites excluding steroid dienone is 1. The van der Waals surface area contributed by atoms with Crippen LogP contribution in [0.4, 0.5) is 0 Å². The van der Waals surface area contributed by atoms with E-state index in [0.717, 1.165) is 12.3 Å². The molecular weight excluding hydrogens is 186 g/mol. The first kappa shape index (κ1) is 10.4. The van der Waals surface area contributed by atoms with Crippen molar-refractivity contribution in [3.8, 4) is 0 Å². The van der Waals surface area contributed by atoms with E-state index in [1.165, 1.54) is 0 Å². The zero-order valence-electron chi connectivity index (χ0n) is 9.94. The maximum Gasteiger partial charge on any atom is 0.0731 e. The van der Waals surface area contributed by atoms with Crippen LogP contribution in [0.25, 0.3) is 0 Å². The van der Waals surface area contributed by atoms with Gasteiger partial charge in [-0.3, -0.25) is 10.0 Å². The Morgan fingerprint density at radius 2 is 2.20 bits per heavy atom. The quantitative estimate of drug-likeness (QED) is 0.644. The molecule has 15 heavy (non-hydrogen) atoms. The summed E-state index contributed by atoms with van der Waals surface area (Å²) < 4.78 is 0. The maximum atomic E-state index is 4.61. The summed E-state index contributed by atoms with van der Waals surface area (Å²) in [5.74, 6) is 0.364. The molecule has 0 amide bonds. The summed E-state index contributed by atoms with van der Waals surface area (Å²) >= 11 is 0. The van der Waals surface area contributed by atoms with Gasteiger partial charge in [-0.2, -0.15) is 5.10 Å². The van der Waals surface area contributed by atoms with E-state index in [1.54, 1.807) is 0 Å². The van der Waals surface area contributed by atoms with Crippen molar-refractivity contribution in [2.24, 2.45) is 16.0 Å². The number of fused-ring (bicyclic) bond motifs is 1. The van der Waals surface area contributed by atoms with Crippen LogP contribution in [0.5, 0.6) is 0 Å². The minimum absolute atomic E-state index is 0.0797. The Morgan fingerprint density at radius 1 is 1.47 bits per heavy atom. The molecule has 0 saturated heterocycles. The van der Waals surface area contributed by atoms with Gasteiger partial charge in [-0.25, -0.2) is 0 Å². The van der Waals surface area contributed by atoms with E-state index in [2.05, 4.69) is 61.2 Å². The molecule has 0 N–H and O–H groups in total. The second kappa shape index (κ2) is 3.47. The highest BCUT2D eigenvalue weighted by Crippen LogP contribution is 2.25. The Balaban J connectivity index is 2.32. The lowest BCUT2D eigenvalue weighted by Gasteiger charge is -2.21. The normalized spacial score (nSPS) is 32.5. The molecule has 2 atom stereocenters. The number of hydrazone groups is 1. The summed E-state index contributed by atoms with van der Waals surface area (Å²) in [5.41, 5.74) is 1.07. The van der Waals surface area contributed by atoms with Crippen LogP contribution in [0.15, 0.2) is 22.2 Å². The molecule has 0 saturated carbocycles. The highest BCUT2D eigenvalue weighted by molar-refractivity contribution is 6.08. The Labute approximate surface area is 91.6 Å². The second-order valence-corrected chi connectivity index (χ2v) is 4.81. The first-order valence-corrected chi connectivity index (χ1v) is 5.63. The van der Waals surface area contributed by atoms with Gasteiger partial charge in [0, 0.05) is 12.8 Å². The highest BCUT2D eigenvalue weighted by atomic mass is 15.5. The van der Waals surface area contributed by atoms with Gasteiger partial charge in [0.15, 0.2) is 0 Å². The summed E-state index contributed by atoms with van der Waals surface area (Å²) in [6.45, 7) is 9.54. The van der Waals surface area contributed by atoms with Crippen LogP contribution < -0.4 is 0 Å². The number of rotatable bonds is 1. The smallest absolute Gasteiger partial charge is 0.0731 e. The van der Waals surface area contributed by atoms with Crippen molar-refractivity contribution in [1.82, 2.24) is 5.01 Å². The van der Waals surface area contributed by atoms with Gasteiger partial charge in [0.05, 0.1) is 23.2 Å². The van der Waals surface area contributed by atoms with E-state index in [9.17, 15) is 0 Å². The predicted octanol–water partition coefficient (Wildman–Crippen LogP) is 2.10. The molecule has 0 bridgehead atoms. The van der Waals surface area contributed by atoms with Crippen molar-refractivity contribution in [1.29, 1.82) is 0 Å². The van der Waals surface area contributed by atoms with Gasteiger partial charge in [-0.05, 0) is 33.8 Å². The summed E-state index contributed by atoms with van der Waals surface area (Å²) in [7, 11) is 0. The largest absolute Gasteiger partial charge is 0.293 e. The van der Waals surface area contributed by atoms with E-state index in [-0.39, 0.29) is 5.54 Å². The van der Waals surface area contributed by atoms with Crippen molar-refractivity contribution >= 4 is 11.9 Å². The fourth-order valence-electron chi connectivity index (χ4n) is 2.05. The molecule has 2 unspecified atom stereocenters. The third-order valence-electron chi connectivity index (χ3n) is 3.13. The van der Waals surface area contributed by atoms with Crippen LogP contribution in [0, 0.1) is 5.92 Å². The van der Waals surface area contributed by atoms with Crippen LogP contribution in [-0.4, -0.2) is 35.1 Å².